The lowest BCUT2D eigenvalue weighted by Gasteiger charge is -2.07. The fourth-order valence-corrected chi connectivity index (χ4v) is 3.73. The first-order valence-corrected chi connectivity index (χ1v) is 12.3. The molecule has 0 unspecified atom stereocenters. The summed E-state index contributed by atoms with van der Waals surface area (Å²) in [7, 11) is 0. The van der Waals surface area contributed by atoms with E-state index in [0.717, 1.165) is 32.1 Å². The number of carbonyl (C=O) groups is 1. The van der Waals surface area contributed by atoms with Gasteiger partial charge in [-0.2, -0.15) is 5.26 Å². The van der Waals surface area contributed by atoms with Crippen LogP contribution in [0.2, 0.25) is 0 Å². The van der Waals surface area contributed by atoms with Gasteiger partial charge >= 0.3 is 11.6 Å². The van der Waals surface area contributed by atoms with Crippen LogP contribution in [-0.2, 0) is 9.53 Å². The van der Waals surface area contributed by atoms with Gasteiger partial charge in [0.25, 0.3) is 0 Å². The normalized spacial score (nSPS) is 10.7. The Morgan fingerprint density at radius 3 is 2.29 bits per heavy atom. The molecular formula is C28H32N2O5. The van der Waals surface area contributed by atoms with Crippen molar-refractivity contribution in [2.75, 3.05) is 13.2 Å². The molecule has 0 fully saturated rings. The molecule has 2 aromatic heterocycles. The summed E-state index contributed by atoms with van der Waals surface area (Å²) in [6.45, 7) is 2.91. The molecule has 0 radical (unpaired) electrons. The monoisotopic (exact) mass is 476 g/mol. The number of rotatable bonds is 14. The van der Waals surface area contributed by atoms with Gasteiger partial charge in [-0.05, 0) is 36.6 Å². The Bertz CT molecular complexity index is 1190. The Hall–Kier alpha value is -3.66. The van der Waals surface area contributed by atoms with Gasteiger partial charge in [0.2, 0.25) is 5.88 Å². The SMILES string of the molecule is CCC(=O)OCCCCCCCCCCOc1cc2oc(=O)c(-c3ccc(C#N)cc3)cc2cn1. The predicted octanol–water partition coefficient (Wildman–Crippen LogP) is 6.18. The van der Waals surface area contributed by atoms with Gasteiger partial charge in [-0.15, -0.1) is 0 Å². The van der Waals surface area contributed by atoms with Gasteiger partial charge < -0.3 is 13.9 Å². The summed E-state index contributed by atoms with van der Waals surface area (Å²) in [6, 6.07) is 12.3. The second-order valence-electron chi connectivity index (χ2n) is 8.45. The smallest absolute Gasteiger partial charge is 0.344 e. The first-order chi connectivity index (χ1) is 17.1. The van der Waals surface area contributed by atoms with Crippen molar-refractivity contribution in [1.82, 2.24) is 4.98 Å². The Kier molecular flexibility index (Phi) is 10.3. The summed E-state index contributed by atoms with van der Waals surface area (Å²) >= 11 is 0. The predicted molar refractivity (Wildman–Crippen MR) is 134 cm³/mol. The van der Waals surface area contributed by atoms with Crippen LogP contribution in [0.1, 0.15) is 70.3 Å². The van der Waals surface area contributed by atoms with E-state index in [4.69, 9.17) is 19.2 Å². The van der Waals surface area contributed by atoms with Crippen molar-refractivity contribution in [3.05, 3.63) is 58.6 Å². The van der Waals surface area contributed by atoms with Crippen LogP contribution in [-0.4, -0.2) is 24.2 Å². The quantitative estimate of drug-likeness (QED) is 0.202. The van der Waals surface area contributed by atoms with Crippen molar-refractivity contribution in [2.24, 2.45) is 0 Å². The average molecular weight is 477 g/mol. The van der Waals surface area contributed by atoms with E-state index < -0.39 is 5.63 Å². The van der Waals surface area contributed by atoms with Crippen LogP contribution < -0.4 is 10.4 Å². The molecule has 3 rings (SSSR count). The molecule has 0 saturated carbocycles. The van der Waals surface area contributed by atoms with Crippen LogP contribution in [0.3, 0.4) is 0 Å². The number of carbonyl (C=O) groups excluding carboxylic acids is 1. The number of benzene rings is 1. The molecule has 0 bridgehead atoms. The molecule has 0 saturated heterocycles. The Labute approximate surface area is 205 Å². The number of nitriles is 1. The van der Waals surface area contributed by atoms with Gasteiger partial charge in [-0.3, -0.25) is 4.79 Å². The number of hydrogen-bond acceptors (Lipinski definition) is 7. The van der Waals surface area contributed by atoms with Crippen LogP contribution in [0.5, 0.6) is 5.88 Å². The van der Waals surface area contributed by atoms with Crippen LogP contribution in [0.25, 0.3) is 22.1 Å². The summed E-state index contributed by atoms with van der Waals surface area (Å²) in [5.74, 6) is 0.319. The van der Waals surface area contributed by atoms with E-state index in [9.17, 15) is 9.59 Å². The summed E-state index contributed by atoms with van der Waals surface area (Å²) < 4.78 is 16.3. The van der Waals surface area contributed by atoms with Gasteiger partial charge in [0.05, 0.1) is 30.4 Å². The zero-order valence-corrected chi connectivity index (χ0v) is 20.3. The molecule has 7 nitrogen and oxygen atoms in total. The number of fused-ring (bicyclic) bond motifs is 1. The molecule has 35 heavy (non-hydrogen) atoms. The minimum Gasteiger partial charge on any atom is -0.478 e. The highest BCUT2D eigenvalue weighted by Gasteiger charge is 2.10. The summed E-state index contributed by atoms with van der Waals surface area (Å²) in [6.07, 6.45) is 10.9. The Morgan fingerprint density at radius 2 is 1.63 bits per heavy atom. The third-order valence-electron chi connectivity index (χ3n) is 5.76. The zero-order valence-electron chi connectivity index (χ0n) is 20.3. The van der Waals surface area contributed by atoms with E-state index >= 15 is 0 Å². The molecule has 184 valence electrons. The maximum atomic E-state index is 12.5. The molecule has 0 N–H and O–H groups in total. The van der Waals surface area contributed by atoms with Crippen molar-refractivity contribution < 1.29 is 18.7 Å². The second kappa shape index (κ2) is 13.9. The Morgan fingerprint density at radius 1 is 0.971 bits per heavy atom. The third-order valence-corrected chi connectivity index (χ3v) is 5.76. The molecule has 0 amide bonds. The van der Waals surface area contributed by atoms with Crippen molar-refractivity contribution in [1.29, 1.82) is 5.26 Å². The topological polar surface area (TPSA) is 102 Å². The van der Waals surface area contributed by atoms with Gasteiger partial charge in [0, 0.05) is 24.1 Å². The van der Waals surface area contributed by atoms with Crippen molar-refractivity contribution >= 4 is 16.9 Å². The molecule has 1 aromatic carbocycles. The standard InChI is InChI=1S/C28H32N2O5/c1-2-27(31)34-16-10-8-6-4-3-5-7-9-15-33-26-18-25-23(20-30-26)17-24(28(32)35-25)22-13-11-21(19-29)12-14-22/h11-14,17-18,20H,2-10,15-16H2,1H3. The number of pyridine rings is 1. The highest BCUT2D eigenvalue weighted by molar-refractivity contribution is 5.81. The van der Waals surface area contributed by atoms with E-state index in [1.807, 2.05) is 0 Å². The number of nitrogens with zero attached hydrogens (tertiary/aromatic N) is 2. The minimum atomic E-state index is -0.443. The highest BCUT2D eigenvalue weighted by Crippen LogP contribution is 2.23. The average Bonchev–Trinajstić information content (AvgIpc) is 2.88. The van der Waals surface area contributed by atoms with Gasteiger partial charge in [-0.25, -0.2) is 9.78 Å². The fraction of sp³-hybridized carbons (Fsp3) is 0.429. The van der Waals surface area contributed by atoms with E-state index in [0.29, 0.717) is 53.2 Å². The minimum absolute atomic E-state index is 0.121. The Balaban J connectivity index is 1.36. The van der Waals surface area contributed by atoms with Crippen LogP contribution in [0.15, 0.2) is 51.8 Å². The summed E-state index contributed by atoms with van der Waals surface area (Å²) in [5, 5.41) is 9.65. The van der Waals surface area contributed by atoms with Crippen molar-refractivity contribution in [3.8, 4) is 23.1 Å². The van der Waals surface area contributed by atoms with Crippen molar-refractivity contribution in [3.63, 3.8) is 0 Å². The first kappa shape index (κ1) is 26.0. The molecule has 2 heterocycles. The molecule has 0 aliphatic rings. The molecule has 0 aliphatic carbocycles. The van der Waals surface area contributed by atoms with E-state index in [1.165, 1.54) is 19.3 Å². The van der Waals surface area contributed by atoms with Crippen molar-refractivity contribution in [2.45, 2.75) is 64.7 Å². The van der Waals surface area contributed by atoms with E-state index in [1.54, 1.807) is 49.5 Å². The summed E-state index contributed by atoms with van der Waals surface area (Å²) in [4.78, 5) is 27.9. The summed E-state index contributed by atoms with van der Waals surface area (Å²) in [5.41, 5.74) is 1.64. The molecule has 3 aromatic rings. The maximum absolute atomic E-state index is 12.5. The van der Waals surface area contributed by atoms with Gasteiger partial charge in [0.1, 0.15) is 5.58 Å². The number of ether oxygens (including phenoxy) is 2. The number of hydrogen-bond donors (Lipinski definition) is 0. The lowest BCUT2D eigenvalue weighted by molar-refractivity contribution is -0.143. The lowest BCUT2D eigenvalue weighted by atomic mass is 10.1. The van der Waals surface area contributed by atoms with Crippen LogP contribution in [0, 0.1) is 11.3 Å². The fourth-order valence-electron chi connectivity index (χ4n) is 3.73. The van der Waals surface area contributed by atoms with Crippen LogP contribution >= 0.6 is 0 Å². The number of esters is 1. The molecule has 0 atom stereocenters. The lowest BCUT2D eigenvalue weighted by Crippen LogP contribution is -2.04. The van der Waals surface area contributed by atoms with Gasteiger partial charge in [-0.1, -0.05) is 57.6 Å². The third kappa shape index (κ3) is 8.25. The van der Waals surface area contributed by atoms with Crippen LogP contribution in [0.4, 0.5) is 0 Å². The largest absolute Gasteiger partial charge is 0.478 e. The molecular weight excluding hydrogens is 444 g/mol. The maximum Gasteiger partial charge on any atom is 0.344 e. The second-order valence-corrected chi connectivity index (χ2v) is 8.45. The first-order valence-electron chi connectivity index (χ1n) is 12.3. The molecule has 0 spiro atoms. The zero-order chi connectivity index (χ0) is 24.9. The number of aromatic nitrogens is 1. The highest BCUT2D eigenvalue weighted by atomic mass is 16.5. The number of unbranched alkanes of at least 4 members (excludes halogenated alkanes) is 7. The van der Waals surface area contributed by atoms with Gasteiger partial charge in [0.15, 0.2) is 0 Å². The molecule has 7 heteroatoms. The van der Waals surface area contributed by atoms with E-state index in [-0.39, 0.29) is 5.97 Å². The molecule has 0 aliphatic heterocycles. The van der Waals surface area contributed by atoms with E-state index in [2.05, 4.69) is 11.1 Å².